The third kappa shape index (κ3) is 2.87. The highest BCUT2D eigenvalue weighted by molar-refractivity contribution is 5.92. The second-order valence-electron chi connectivity index (χ2n) is 5.85. The van der Waals surface area contributed by atoms with Gasteiger partial charge >= 0.3 is 0 Å². The summed E-state index contributed by atoms with van der Waals surface area (Å²) >= 11 is 0. The van der Waals surface area contributed by atoms with Gasteiger partial charge in [0.2, 0.25) is 0 Å². The first-order valence-corrected chi connectivity index (χ1v) is 7.66. The van der Waals surface area contributed by atoms with Crippen molar-refractivity contribution in [1.82, 2.24) is 9.88 Å². The van der Waals surface area contributed by atoms with Crippen LogP contribution in [-0.2, 0) is 11.3 Å². The molecular formula is C17H23N3O. The van der Waals surface area contributed by atoms with Crippen LogP contribution in [0.3, 0.4) is 0 Å². The zero-order valence-corrected chi connectivity index (χ0v) is 12.7. The van der Waals surface area contributed by atoms with E-state index in [1.807, 2.05) is 24.4 Å². The number of rotatable bonds is 3. The third-order valence-corrected chi connectivity index (χ3v) is 4.31. The van der Waals surface area contributed by atoms with Gasteiger partial charge in [0.05, 0.1) is 18.2 Å². The summed E-state index contributed by atoms with van der Waals surface area (Å²) in [6.07, 6.45) is 3.23. The average Bonchev–Trinajstić information content (AvgIpc) is 2.51. The number of ether oxygens (including phenoxy) is 1. The normalized spacial score (nSPS) is 23.5. The van der Waals surface area contributed by atoms with E-state index in [-0.39, 0.29) is 0 Å². The van der Waals surface area contributed by atoms with Gasteiger partial charge in [-0.1, -0.05) is 13.0 Å². The van der Waals surface area contributed by atoms with Crippen LogP contribution in [-0.4, -0.2) is 35.2 Å². The molecule has 2 atom stereocenters. The number of morpholine rings is 1. The van der Waals surface area contributed by atoms with E-state index in [2.05, 4.69) is 29.8 Å². The van der Waals surface area contributed by atoms with E-state index < -0.39 is 0 Å². The first-order valence-electron chi connectivity index (χ1n) is 7.66. The maximum absolute atomic E-state index is 6.06. The smallest absolute Gasteiger partial charge is 0.0767 e. The lowest BCUT2D eigenvalue weighted by Crippen LogP contribution is -2.47. The summed E-state index contributed by atoms with van der Waals surface area (Å²) in [6.45, 7) is 7.05. The number of nitrogens with zero attached hydrogens (tertiary/aromatic N) is 2. The van der Waals surface area contributed by atoms with Gasteiger partial charge in [-0.15, -0.1) is 0 Å². The Hall–Kier alpha value is -1.65. The van der Waals surface area contributed by atoms with Gasteiger partial charge in [-0.25, -0.2) is 0 Å². The van der Waals surface area contributed by atoms with Crippen molar-refractivity contribution in [3.05, 3.63) is 36.0 Å². The highest BCUT2D eigenvalue weighted by Crippen LogP contribution is 2.25. The second-order valence-corrected chi connectivity index (χ2v) is 5.85. The van der Waals surface area contributed by atoms with Crippen LogP contribution in [0.2, 0.25) is 0 Å². The van der Waals surface area contributed by atoms with E-state index in [1.165, 1.54) is 5.56 Å². The van der Waals surface area contributed by atoms with Gasteiger partial charge in [0.15, 0.2) is 0 Å². The highest BCUT2D eigenvalue weighted by Gasteiger charge is 2.26. The molecule has 0 bridgehead atoms. The topological polar surface area (TPSA) is 51.4 Å². The lowest BCUT2D eigenvalue weighted by Gasteiger charge is -2.38. The molecular weight excluding hydrogens is 262 g/mol. The molecule has 1 aromatic heterocycles. The van der Waals surface area contributed by atoms with E-state index in [0.717, 1.165) is 42.7 Å². The summed E-state index contributed by atoms with van der Waals surface area (Å²) < 4.78 is 5.78. The van der Waals surface area contributed by atoms with Crippen LogP contribution in [0.1, 0.15) is 25.8 Å². The van der Waals surface area contributed by atoms with Crippen molar-refractivity contribution in [3.63, 3.8) is 0 Å². The molecule has 2 aromatic rings. The predicted molar refractivity (Wildman–Crippen MR) is 86.1 cm³/mol. The number of hydrogen-bond acceptors (Lipinski definition) is 4. The second kappa shape index (κ2) is 6.00. The van der Waals surface area contributed by atoms with Crippen molar-refractivity contribution in [2.45, 2.75) is 39.0 Å². The largest absolute Gasteiger partial charge is 0.398 e. The molecule has 4 nitrogen and oxygen atoms in total. The Morgan fingerprint density at radius 1 is 1.38 bits per heavy atom. The molecule has 1 aliphatic heterocycles. The number of benzene rings is 1. The van der Waals surface area contributed by atoms with Gasteiger partial charge in [0, 0.05) is 36.4 Å². The quantitative estimate of drug-likeness (QED) is 0.881. The number of aromatic nitrogens is 1. The molecule has 1 fully saturated rings. The van der Waals surface area contributed by atoms with Crippen molar-refractivity contribution in [2.75, 3.05) is 18.9 Å². The molecule has 4 heteroatoms. The van der Waals surface area contributed by atoms with Gasteiger partial charge < -0.3 is 10.5 Å². The predicted octanol–water partition coefficient (Wildman–Crippen LogP) is 2.82. The summed E-state index contributed by atoms with van der Waals surface area (Å²) in [6, 6.07) is 8.56. The molecule has 1 aromatic carbocycles. The van der Waals surface area contributed by atoms with E-state index in [0.29, 0.717) is 12.1 Å². The molecule has 2 heterocycles. The summed E-state index contributed by atoms with van der Waals surface area (Å²) in [7, 11) is 0. The van der Waals surface area contributed by atoms with Crippen LogP contribution < -0.4 is 5.73 Å². The third-order valence-electron chi connectivity index (χ3n) is 4.31. The molecule has 3 rings (SSSR count). The molecule has 1 saturated heterocycles. The van der Waals surface area contributed by atoms with Crippen LogP contribution in [0.25, 0.3) is 10.9 Å². The molecule has 0 spiro atoms. The number of anilines is 1. The lowest BCUT2D eigenvalue weighted by molar-refractivity contribution is -0.0590. The fraction of sp³-hybridized carbons (Fsp3) is 0.471. The number of hydrogen-bond donors (Lipinski definition) is 1. The summed E-state index contributed by atoms with van der Waals surface area (Å²) in [5.41, 5.74) is 9.12. The molecule has 2 unspecified atom stereocenters. The minimum atomic E-state index is 0.292. The van der Waals surface area contributed by atoms with Crippen LogP contribution in [0.15, 0.2) is 30.5 Å². The lowest BCUT2D eigenvalue weighted by atomic mass is 10.0. The van der Waals surface area contributed by atoms with Crippen molar-refractivity contribution in [2.24, 2.45) is 0 Å². The maximum Gasteiger partial charge on any atom is 0.0767 e. The van der Waals surface area contributed by atoms with Crippen molar-refractivity contribution >= 4 is 16.6 Å². The Morgan fingerprint density at radius 3 is 3.05 bits per heavy atom. The van der Waals surface area contributed by atoms with Crippen LogP contribution in [0.5, 0.6) is 0 Å². The summed E-state index contributed by atoms with van der Waals surface area (Å²) in [5, 5.41) is 1.05. The van der Waals surface area contributed by atoms with Gasteiger partial charge in [0.25, 0.3) is 0 Å². The molecule has 0 radical (unpaired) electrons. The Labute approximate surface area is 125 Å². The van der Waals surface area contributed by atoms with Crippen molar-refractivity contribution < 1.29 is 4.74 Å². The van der Waals surface area contributed by atoms with Gasteiger partial charge in [-0.3, -0.25) is 9.88 Å². The first kappa shape index (κ1) is 14.3. The van der Waals surface area contributed by atoms with Gasteiger partial charge in [0.1, 0.15) is 0 Å². The van der Waals surface area contributed by atoms with Crippen molar-refractivity contribution in [3.8, 4) is 0 Å². The minimum Gasteiger partial charge on any atom is -0.398 e. The standard InChI is InChI=1S/C17H23N3O/c1-3-14-11-21-12(2)9-20(14)10-13-6-7-16(18)15-5-4-8-19-17(13)15/h4-8,12,14H,3,9-11,18H2,1-2H3. The molecule has 0 saturated carbocycles. The number of pyridine rings is 1. The van der Waals surface area contributed by atoms with E-state index in [1.54, 1.807) is 0 Å². The van der Waals surface area contributed by atoms with Gasteiger partial charge in [-0.05, 0) is 37.1 Å². The summed E-state index contributed by atoms with van der Waals surface area (Å²) in [5.74, 6) is 0. The van der Waals surface area contributed by atoms with Crippen molar-refractivity contribution in [1.29, 1.82) is 0 Å². The van der Waals surface area contributed by atoms with Crippen LogP contribution >= 0.6 is 0 Å². The molecule has 1 aliphatic rings. The highest BCUT2D eigenvalue weighted by atomic mass is 16.5. The monoisotopic (exact) mass is 285 g/mol. The Balaban J connectivity index is 1.92. The SMILES string of the molecule is CCC1COC(C)CN1Cc1ccc(N)c2cccnc12. The Morgan fingerprint density at radius 2 is 2.24 bits per heavy atom. The number of nitrogens with two attached hydrogens (primary N) is 1. The fourth-order valence-electron chi connectivity index (χ4n) is 3.08. The van der Waals surface area contributed by atoms with E-state index >= 15 is 0 Å². The molecule has 112 valence electrons. The first-order chi connectivity index (χ1) is 10.2. The van der Waals surface area contributed by atoms with Crippen LogP contribution in [0.4, 0.5) is 5.69 Å². The Bertz CT molecular complexity index is 628. The Kier molecular flexibility index (Phi) is 4.08. The zero-order valence-electron chi connectivity index (χ0n) is 12.7. The van der Waals surface area contributed by atoms with E-state index in [4.69, 9.17) is 10.5 Å². The molecule has 0 amide bonds. The minimum absolute atomic E-state index is 0.292. The zero-order chi connectivity index (χ0) is 14.8. The average molecular weight is 285 g/mol. The van der Waals surface area contributed by atoms with Crippen LogP contribution in [0, 0.1) is 0 Å². The molecule has 21 heavy (non-hydrogen) atoms. The maximum atomic E-state index is 6.06. The molecule has 2 N–H and O–H groups in total. The number of nitrogen functional groups attached to an aromatic ring is 1. The van der Waals surface area contributed by atoms with Gasteiger partial charge in [-0.2, -0.15) is 0 Å². The van der Waals surface area contributed by atoms with E-state index in [9.17, 15) is 0 Å². The molecule has 0 aliphatic carbocycles. The fourth-order valence-corrected chi connectivity index (χ4v) is 3.08. The summed E-state index contributed by atoms with van der Waals surface area (Å²) in [4.78, 5) is 7.05. The number of fused-ring (bicyclic) bond motifs is 1.